The minimum atomic E-state index is -1.08. The summed E-state index contributed by atoms with van der Waals surface area (Å²) in [6, 6.07) is 0. The molecule has 2 aliphatic carbocycles. The van der Waals surface area contributed by atoms with E-state index in [1.54, 1.807) is 4.90 Å². The van der Waals surface area contributed by atoms with E-state index in [4.69, 9.17) is 14.2 Å². The number of hydrogen-bond donors (Lipinski definition) is 0. The quantitative estimate of drug-likeness (QED) is 0.351. The monoisotopic (exact) mass is 528 g/mol. The third kappa shape index (κ3) is 5.31. The van der Waals surface area contributed by atoms with Gasteiger partial charge in [0.1, 0.15) is 5.41 Å². The van der Waals surface area contributed by atoms with Crippen LogP contribution in [0.4, 0.5) is 0 Å². The van der Waals surface area contributed by atoms with Crippen molar-refractivity contribution in [3.8, 4) is 0 Å². The second kappa shape index (κ2) is 11.5. The van der Waals surface area contributed by atoms with Gasteiger partial charge in [-0.2, -0.15) is 0 Å². The first-order valence-corrected chi connectivity index (χ1v) is 14.7. The molecule has 0 aromatic carbocycles. The summed E-state index contributed by atoms with van der Waals surface area (Å²) in [5, 5.41) is 0. The zero-order chi connectivity index (χ0) is 26.9. The summed E-state index contributed by atoms with van der Waals surface area (Å²) < 4.78 is 17.6. The molecule has 38 heavy (non-hydrogen) atoms. The number of carbonyl (C=O) groups excluding carboxylic acids is 3. The summed E-state index contributed by atoms with van der Waals surface area (Å²) in [7, 11) is 1.43. The topological polar surface area (TPSA) is 85.4 Å². The standard InChI is InChI=1S/C30H44N2O6/c1-20(2)24-18-25-30(29(35)36-3,27(38-24)22-9-10-22)19-23(17-26(33)31-13-15-37-16-14-31)28(34)32(25)12-11-21-7-5-4-6-8-21/h7,18,20,22-24,27H,4-6,8-17,19H2,1-3H3/t23-,24+,27+,30+/m0/s1. The minimum absolute atomic E-state index is 0.0474. The van der Waals surface area contributed by atoms with Crippen molar-refractivity contribution in [3.05, 3.63) is 23.4 Å². The van der Waals surface area contributed by atoms with Crippen LogP contribution in [0.3, 0.4) is 0 Å². The van der Waals surface area contributed by atoms with Gasteiger partial charge in [0.05, 0.1) is 32.5 Å². The fourth-order valence-corrected chi connectivity index (χ4v) is 6.82. The van der Waals surface area contributed by atoms with Crippen LogP contribution in [0.25, 0.3) is 0 Å². The maximum absolute atomic E-state index is 14.2. The molecule has 0 aromatic heterocycles. The van der Waals surface area contributed by atoms with Crippen LogP contribution in [0, 0.1) is 23.2 Å². The smallest absolute Gasteiger partial charge is 0.320 e. The maximum atomic E-state index is 14.2. The molecule has 3 fully saturated rings. The van der Waals surface area contributed by atoms with Crippen LogP contribution in [0.5, 0.6) is 0 Å². The van der Waals surface area contributed by atoms with E-state index >= 15 is 0 Å². The summed E-state index contributed by atoms with van der Waals surface area (Å²) in [4.78, 5) is 45.0. The number of amides is 2. The Kier molecular flexibility index (Phi) is 8.29. The molecule has 0 unspecified atom stereocenters. The maximum Gasteiger partial charge on any atom is 0.320 e. The molecule has 3 heterocycles. The van der Waals surface area contributed by atoms with Gasteiger partial charge in [-0.05, 0) is 69.3 Å². The Morgan fingerprint density at radius 3 is 2.58 bits per heavy atom. The summed E-state index contributed by atoms with van der Waals surface area (Å²) in [5.74, 6) is -0.575. The van der Waals surface area contributed by atoms with Gasteiger partial charge in [0.15, 0.2) is 0 Å². The predicted octanol–water partition coefficient (Wildman–Crippen LogP) is 3.85. The van der Waals surface area contributed by atoms with Gasteiger partial charge in [0.2, 0.25) is 11.8 Å². The number of fused-ring (bicyclic) bond motifs is 1. The van der Waals surface area contributed by atoms with E-state index in [-0.39, 0.29) is 54.7 Å². The van der Waals surface area contributed by atoms with Crippen molar-refractivity contribution in [3.63, 3.8) is 0 Å². The molecule has 8 nitrogen and oxygen atoms in total. The van der Waals surface area contributed by atoms with Crippen LogP contribution in [-0.4, -0.2) is 79.7 Å². The molecule has 0 bridgehead atoms. The van der Waals surface area contributed by atoms with Crippen LogP contribution in [0.2, 0.25) is 0 Å². The molecule has 0 spiro atoms. The van der Waals surface area contributed by atoms with Crippen molar-refractivity contribution in [1.29, 1.82) is 0 Å². The van der Waals surface area contributed by atoms with Crippen molar-refractivity contribution in [2.75, 3.05) is 40.0 Å². The lowest BCUT2D eigenvalue weighted by Gasteiger charge is -2.53. The summed E-state index contributed by atoms with van der Waals surface area (Å²) >= 11 is 0. The van der Waals surface area contributed by atoms with Crippen molar-refractivity contribution in [1.82, 2.24) is 9.80 Å². The van der Waals surface area contributed by atoms with Crippen LogP contribution in [-0.2, 0) is 28.6 Å². The number of allylic oxidation sites excluding steroid dienone is 1. The average Bonchev–Trinajstić information content (AvgIpc) is 3.78. The fraction of sp³-hybridized carbons (Fsp3) is 0.767. The molecule has 2 amide bonds. The Balaban J connectivity index is 1.52. The third-order valence-corrected chi connectivity index (χ3v) is 9.13. The lowest BCUT2D eigenvalue weighted by atomic mass is 9.64. The number of piperidine rings is 1. The highest BCUT2D eigenvalue weighted by Gasteiger charge is 2.63. The number of morpholine rings is 1. The highest BCUT2D eigenvalue weighted by atomic mass is 16.5. The first-order chi connectivity index (χ1) is 18.3. The number of carbonyl (C=O) groups is 3. The molecule has 5 rings (SSSR count). The predicted molar refractivity (Wildman–Crippen MR) is 142 cm³/mol. The number of methoxy groups -OCH3 is 1. The number of ether oxygens (including phenoxy) is 3. The second-order valence-electron chi connectivity index (χ2n) is 12.1. The SMILES string of the molecule is COC(=O)[C@]12C[C@H](CC(=O)N3CCOCC3)C(=O)N(CCC3=CCCCC3)C1=C[C@H](C(C)C)O[C@@H]2C1CC1. The Bertz CT molecular complexity index is 979. The fourth-order valence-electron chi connectivity index (χ4n) is 6.82. The molecular weight excluding hydrogens is 484 g/mol. The van der Waals surface area contributed by atoms with E-state index in [1.165, 1.54) is 25.5 Å². The van der Waals surface area contributed by atoms with E-state index in [1.807, 2.05) is 11.0 Å². The molecule has 0 N–H and O–H groups in total. The van der Waals surface area contributed by atoms with Crippen molar-refractivity contribution in [2.45, 2.75) is 83.8 Å². The molecule has 2 saturated heterocycles. The van der Waals surface area contributed by atoms with E-state index in [0.717, 1.165) is 37.8 Å². The third-order valence-electron chi connectivity index (χ3n) is 9.13. The van der Waals surface area contributed by atoms with E-state index in [9.17, 15) is 14.4 Å². The average molecular weight is 529 g/mol. The molecule has 210 valence electrons. The van der Waals surface area contributed by atoms with Crippen molar-refractivity contribution >= 4 is 17.8 Å². The number of nitrogens with zero attached hydrogens (tertiary/aromatic N) is 2. The largest absolute Gasteiger partial charge is 0.468 e. The second-order valence-corrected chi connectivity index (χ2v) is 12.1. The highest BCUT2D eigenvalue weighted by molar-refractivity contribution is 5.93. The molecule has 4 atom stereocenters. The first kappa shape index (κ1) is 27.4. The van der Waals surface area contributed by atoms with Gasteiger partial charge in [0, 0.05) is 37.7 Å². The summed E-state index contributed by atoms with van der Waals surface area (Å²) in [6.45, 7) is 6.84. The van der Waals surface area contributed by atoms with E-state index < -0.39 is 11.3 Å². The molecule has 0 aromatic rings. The minimum Gasteiger partial charge on any atom is -0.468 e. The van der Waals surface area contributed by atoms with Crippen molar-refractivity contribution < 1.29 is 28.6 Å². The molecule has 3 aliphatic heterocycles. The normalized spacial score (nSPS) is 32.0. The number of esters is 1. The van der Waals surface area contributed by atoms with Gasteiger partial charge in [-0.25, -0.2) is 0 Å². The van der Waals surface area contributed by atoms with Crippen LogP contribution in [0.15, 0.2) is 23.4 Å². The molecule has 8 heteroatoms. The van der Waals surface area contributed by atoms with Crippen LogP contribution < -0.4 is 0 Å². The van der Waals surface area contributed by atoms with E-state index in [2.05, 4.69) is 19.9 Å². The molecule has 1 saturated carbocycles. The van der Waals surface area contributed by atoms with Gasteiger partial charge in [-0.1, -0.05) is 25.5 Å². The lowest BCUT2D eigenvalue weighted by molar-refractivity contribution is -0.182. The van der Waals surface area contributed by atoms with Crippen LogP contribution in [0.1, 0.15) is 71.6 Å². The Morgan fingerprint density at radius 2 is 1.95 bits per heavy atom. The van der Waals surface area contributed by atoms with E-state index in [0.29, 0.717) is 32.8 Å². The van der Waals surface area contributed by atoms with Gasteiger partial charge < -0.3 is 24.0 Å². The highest BCUT2D eigenvalue weighted by Crippen LogP contribution is 2.56. The first-order valence-electron chi connectivity index (χ1n) is 14.7. The van der Waals surface area contributed by atoms with Gasteiger partial charge >= 0.3 is 5.97 Å². The van der Waals surface area contributed by atoms with Gasteiger partial charge in [-0.15, -0.1) is 0 Å². The number of rotatable bonds is 8. The molecular formula is C30H44N2O6. The van der Waals surface area contributed by atoms with Crippen LogP contribution >= 0.6 is 0 Å². The zero-order valence-corrected chi connectivity index (χ0v) is 23.3. The zero-order valence-electron chi connectivity index (χ0n) is 23.3. The Hall–Kier alpha value is -2.19. The van der Waals surface area contributed by atoms with Gasteiger partial charge in [0.25, 0.3) is 0 Å². The lowest BCUT2D eigenvalue weighted by Crippen LogP contribution is -2.62. The summed E-state index contributed by atoms with van der Waals surface area (Å²) in [6.07, 6.45) is 11.5. The number of hydrogen-bond acceptors (Lipinski definition) is 6. The molecule has 5 aliphatic rings. The number of likely N-dealkylation sites (tertiary alicyclic amines) is 1. The Labute approximate surface area is 226 Å². The molecule has 0 radical (unpaired) electrons. The Morgan fingerprint density at radius 1 is 1.18 bits per heavy atom. The van der Waals surface area contributed by atoms with Crippen molar-refractivity contribution in [2.24, 2.45) is 23.2 Å². The summed E-state index contributed by atoms with van der Waals surface area (Å²) in [5.41, 5.74) is 1.06. The van der Waals surface area contributed by atoms with Gasteiger partial charge in [-0.3, -0.25) is 14.4 Å².